The van der Waals surface area contributed by atoms with Gasteiger partial charge >= 0.3 is 17.6 Å². The second-order valence-electron chi connectivity index (χ2n) is 8.77. The molecule has 8 nitrogen and oxygen atoms in total. The summed E-state index contributed by atoms with van der Waals surface area (Å²) in [5, 5.41) is 13.0. The number of hydrogen-bond acceptors (Lipinski definition) is 7. The summed E-state index contributed by atoms with van der Waals surface area (Å²) in [7, 11) is 1.82. The summed E-state index contributed by atoms with van der Waals surface area (Å²) < 4.78 is 25.4. The second-order valence-corrected chi connectivity index (χ2v) is 8.77. The Morgan fingerprint density at radius 3 is 2.23 bits per heavy atom. The van der Waals surface area contributed by atoms with E-state index in [2.05, 4.69) is 14.8 Å². The number of hydrogen-bond donors (Lipinski definition) is 2. The van der Waals surface area contributed by atoms with Gasteiger partial charge in [-0.3, -0.25) is 14.4 Å². The minimum absolute atomic E-state index is 0.0247. The molecular weight excluding hydrogens is 397 g/mol. The van der Waals surface area contributed by atoms with Crippen molar-refractivity contribution in [2.75, 3.05) is 14.2 Å². The minimum Gasteiger partial charge on any atom is -0.512 e. The number of amides is 1. The molecular formula is C21H30FNO7. The van der Waals surface area contributed by atoms with Gasteiger partial charge in [-0.2, -0.15) is 0 Å². The predicted octanol–water partition coefficient (Wildman–Crippen LogP) is 2.31. The highest BCUT2D eigenvalue weighted by Crippen LogP contribution is 2.42. The Kier molecular flexibility index (Phi) is 7.26. The SMILES string of the molecule is COC(=O)[C@@H](C1=C(O)CC(C)(C)CC1=O)C(F)(C(=O)NC1CCCCC1)C(=O)OC. The van der Waals surface area contributed by atoms with E-state index in [1.54, 1.807) is 13.8 Å². The maximum atomic E-state index is 16.3. The molecule has 2 aliphatic carbocycles. The summed E-state index contributed by atoms with van der Waals surface area (Å²) in [5.41, 5.74) is -4.81. The lowest BCUT2D eigenvalue weighted by atomic mass is 9.70. The molecule has 9 heteroatoms. The van der Waals surface area contributed by atoms with Crippen LogP contribution in [0.2, 0.25) is 0 Å². The van der Waals surface area contributed by atoms with E-state index in [-0.39, 0.29) is 18.9 Å². The zero-order valence-electron chi connectivity index (χ0n) is 17.9. The molecule has 0 saturated heterocycles. The number of allylic oxidation sites excluding steroid dienone is 1. The van der Waals surface area contributed by atoms with Crippen LogP contribution in [0.3, 0.4) is 0 Å². The molecule has 0 radical (unpaired) electrons. The number of aliphatic hydroxyl groups is 1. The number of Topliss-reactive ketones (excluding diaryl/α,β-unsaturated/α-hetero) is 1. The van der Waals surface area contributed by atoms with Crippen molar-refractivity contribution in [1.82, 2.24) is 5.32 Å². The van der Waals surface area contributed by atoms with Crippen molar-refractivity contribution in [3.8, 4) is 0 Å². The summed E-state index contributed by atoms with van der Waals surface area (Å²) in [4.78, 5) is 50.8. The van der Waals surface area contributed by atoms with Gasteiger partial charge < -0.3 is 19.9 Å². The molecule has 0 bridgehead atoms. The average Bonchev–Trinajstić information content (AvgIpc) is 2.68. The molecule has 0 spiro atoms. The van der Waals surface area contributed by atoms with E-state index in [1.807, 2.05) is 0 Å². The van der Waals surface area contributed by atoms with Crippen molar-refractivity contribution in [3.05, 3.63) is 11.3 Å². The van der Waals surface area contributed by atoms with Crippen molar-refractivity contribution in [3.63, 3.8) is 0 Å². The highest BCUT2D eigenvalue weighted by molar-refractivity contribution is 6.14. The molecule has 0 aromatic carbocycles. The van der Waals surface area contributed by atoms with Gasteiger partial charge in [0.1, 0.15) is 11.7 Å². The van der Waals surface area contributed by atoms with E-state index in [4.69, 9.17) is 0 Å². The highest BCUT2D eigenvalue weighted by atomic mass is 19.1. The maximum Gasteiger partial charge on any atom is 0.354 e. The summed E-state index contributed by atoms with van der Waals surface area (Å²) >= 11 is 0. The third-order valence-electron chi connectivity index (χ3n) is 5.77. The van der Waals surface area contributed by atoms with Crippen molar-refractivity contribution in [2.45, 2.75) is 70.5 Å². The van der Waals surface area contributed by atoms with E-state index in [0.717, 1.165) is 33.5 Å². The number of methoxy groups -OCH3 is 2. The Morgan fingerprint density at radius 2 is 1.73 bits per heavy atom. The molecule has 2 aliphatic rings. The summed E-state index contributed by atoms with van der Waals surface area (Å²) in [5.74, 6) is -7.88. The number of alkyl halides is 1. The third kappa shape index (κ3) is 4.65. The molecule has 0 aromatic heterocycles. The van der Waals surface area contributed by atoms with Crippen LogP contribution in [0.25, 0.3) is 0 Å². The van der Waals surface area contributed by atoms with Crippen LogP contribution in [-0.4, -0.2) is 54.7 Å². The number of esters is 2. The number of aliphatic hydroxyl groups excluding tert-OH is 1. The van der Waals surface area contributed by atoms with Gasteiger partial charge in [0.2, 0.25) is 0 Å². The molecule has 0 aromatic rings. The topological polar surface area (TPSA) is 119 Å². The fourth-order valence-electron chi connectivity index (χ4n) is 4.25. The molecule has 2 atom stereocenters. The normalized spacial score (nSPS) is 22.6. The van der Waals surface area contributed by atoms with Gasteiger partial charge in [-0.15, -0.1) is 0 Å². The molecule has 2 N–H and O–H groups in total. The lowest BCUT2D eigenvalue weighted by molar-refractivity contribution is -0.172. The molecule has 30 heavy (non-hydrogen) atoms. The van der Waals surface area contributed by atoms with Gasteiger partial charge in [0.15, 0.2) is 5.78 Å². The largest absolute Gasteiger partial charge is 0.512 e. The Balaban J connectivity index is 2.55. The molecule has 1 amide bonds. The highest BCUT2D eigenvalue weighted by Gasteiger charge is 2.62. The van der Waals surface area contributed by atoms with Gasteiger partial charge in [0.25, 0.3) is 5.91 Å². The number of rotatable bonds is 6. The number of carbonyl (C=O) groups is 4. The lowest BCUT2D eigenvalue weighted by Gasteiger charge is -2.36. The first-order valence-electron chi connectivity index (χ1n) is 10.1. The van der Waals surface area contributed by atoms with Crippen LogP contribution in [-0.2, 0) is 28.7 Å². The van der Waals surface area contributed by atoms with Crippen LogP contribution in [0.15, 0.2) is 11.3 Å². The van der Waals surface area contributed by atoms with Crippen LogP contribution < -0.4 is 5.32 Å². The first-order chi connectivity index (χ1) is 14.0. The first-order valence-corrected chi connectivity index (χ1v) is 10.1. The molecule has 1 saturated carbocycles. The van der Waals surface area contributed by atoms with Gasteiger partial charge in [-0.05, 0) is 18.3 Å². The van der Waals surface area contributed by atoms with Crippen molar-refractivity contribution in [1.29, 1.82) is 0 Å². The van der Waals surface area contributed by atoms with Gasteiger partial charge in [0, 0.05) is 18.9 Å². The lowest BCUT2D eigenvalue weighted by Crippen LogP contribution is -2.60. The Labute approximate surface area is 175 Å². The standard InChI is InChI=1S/C21H30FNO7/c1-20(2)10-13(24)15(14(25)11-20)16(17(26)29-3)21(22,19(28)30-4)18(27)23-12-8-6-5-7-9-12/h12,16,24H,5-11H2,1-4H3,(H,23,27)/t16-,21?/m1/s1. The number of ether oxygens (including phenoxy) is 2. The Morgan fingerprint density at radius 1 is 1.13 bits per heavy atom. The van der Waals surface area contributed by atoms with Crippen LogP contribution in [0, 0.1) is 11.3 Å². The van der Waals surface area contributed by atoms with Crippen molar-refractivity contribution < 1.29 is 38.1 Å². The van der Waals surface area contributed by atoms with Crippen LogP contribution in [0.5, 0.6) is 0 Å². The molecule has 0 heterocycles. The van der Waals surface area contributed by atoms with Gasteiger partial charge in [-0.25, -0.2) is 9.18 Å². The summed E-state index contributed by atoms with van der Waals surface area (Å²) in [6, 6.07) is -0.368. The molecule has 1 unspecified atom stereocenters. The Bertz CT molecular complexity index is 754. The second kappa shape index (κ2) is 9.14. The van der Waals surface area contributed by atoms with Gasteiger partial charge in [-0.1, -0.05) is 33.1 Å². The molecule has 2 rings (SSSR count). The molecule has 168 valence electrons. The number of ketones is 1. The summed E-state index contributed by atoms with van der Waals surface area (Å²) in [6.45, 7) is 3.45. The molecule has 0 aliphatic heterocycles. The minimum atomic E-state index is -3.57. The van der Waals surface area contributed by atoms with E-state index in [1.165, 1.54) is 0 Å². The zero-order valence-corrected chi connectivity index (χ0v) is 17.9. The monoisotopic (exact) mass is 427 g/mol. The predicted molar refractivity (Wildman–Crippen MR) is 104 cm³/mol. The first kappa shape index (κ1) is 23.8. The van der Waals surface area contributed by atoms with Crippen LogP contribution >= 0.6 is 0 Å². The van der Waals surface area contributed by atoms with E-state index < -0.39 is 52.0 Å². The number of carbonyl (C=O) groups excluding carboxylic acids is 4. The Hall–Kier alpha value is -2.45. The van der Waals surface area contributed by atoms with Crippen molar-refractivity contribution in [2.24, 2.45) is 11.3 Å². The van der Waals surface area contributed by atoms with E-state index in [9.17, 15) is 24.3 Å². The third-order valence-corrected chi connectivity index (χ3v) is 5.77. The zero-order chi connectivity index (χ0) is 22.7. The van der Waals surface area contributed by atoms with E-state index in [0.29, 0.717) is 12.8 Å². The van der Waals surface area contributed by atoms with Crippen LogP contribution in [0.4, 0.5) is 4.39 Å². The number of halogens is 1. The van der Waals surface area contributed by atoms with E-state index >= 15 is 4.39 Å². The summed E-state index contributed by atoms with van der Waals surface area (Å²) in [6.07, 6.45) is 3.75. The number of nitrogens with one attached hydrogen (secondary N) is 1. The average molecular weight is 427 g/mol. The quantitative estimate of drug-likeness (QED) is 0.493. The maximum absolute atomic E-state index is 16.3. The fraction of sp³-hybridized carbons (Fsp3) is 0.714. The van der Waals surface area contributed by atoms with Gasteiger partial charge in [0.05, 0.1) is 19.8 Å². The van der Waals surface area contributed by atoms with Crippen LogP contribution in [0.1, 0.15) is 58.8 Å². The fourth-order valence-corrected chi connectivity index (χ4v) is 4.25. The van der Waals surface area contributed by atoms with Crippen molar-refractivity contribution >= 4 is 23.6 Å². The smallest absolute Gasteiger partial charge is 0.354 e. The molecule has 1 fully saturated rings.